The Bertz CT molecular complexity index is 322. The highest BCUT2D eigenvalue weighted by Gasteiger charge is 2.31. The fourth-order valence-electron chi connectivity index (χ4n) is 2.29. The molecule has 0 saturated heterocycles. The molecule has 0 heterocycles. The standard InChI is InChI=1S/C13H30N2O2S/c1-6-15(7-2)13(4,5)12(14)10-9-11-18(16,17)8-3/h12H,6-11,14H2,1-5H3. The van der Waals surface area contributed by atoms with Crippen molar-refractivity contribution in [2.24, 2.45) is 5.73 Å². The second-order valence-corrected chi connectivity index (χ2v) is 7.78. The molecule has 4 nitrogen and oxygen atoms in total. The van der Waals surface area contributed by atoms with Crippen molar-refractivity contribution < 1.29 is 8.42 Å². The molecule has 0 amide bonds. The van der Waals surface area contributed by atoms with E-state index in [0.29, 0.717) is 6.42 Å². The average molecular weight is 278 g/mol. The largest absolute Gasteiger partial charge is 0.326 e. The summed E-state index contributed by atoms with van der Waals surface area (Å²) in [5.41, 5.74) is 6.15. The van der Waals surface area contributed by atoms with E-state index in [2.05, 4.69) is 32.6 Å². The first kappa shape index (κ1) is 17.9. The summed E-state index contributed by atoms with van der Waals surface area (Å²) < 4.78 is 22.9. The van der Waals surface area contributed by atoms with Gasteiger partial charge in [0.1, 0.15) is 9.84 Å². The fourth-order valence-corrected chi connectivity index (χ4v) is 3.19. The van der Waals surface area contributed by atoms with Crippen LogP contribution >= 0.6 is 0 Å². The van der Waals surface area contributed by atoms with Crippen LogP contribution in [0.15, 0.2) is 0 Å². The zero-order chi connectivity index (χ0) is 14.4. The second-order valence-electron chi connectivity index (χ2n) is 5.31. The maximum absolute atomic E-state index is 11.4. The Hall–Kier alpha value is -0.130. The molecule has 0 aromatic carbocycles. The number of nitrogens with zero attached hydrogens (tertiary/aromatic N) is 1. The lowest BCUT2D eigenvalue weighted by Gasteiger charge is -2.42. The second kappa shape index (κ2) is 7.46. The Labute approximate surface area is 113 Å². The lowest BCUT2D eigenvalue weighted by molar-refractivity contribution is 0.103. The fraction of sp³-hybridized carbons (Fsp3) is 1.00. The van der Waals surface area contributed by atoms with Crippen LogP contribution in [0.3, 0.4) is 0 Å². The molecule has 0 bridgehead atoms. The van der Waals surface area contributed by atoms with Gasteiger partial charge in [-0.2, -0.15) is 0 Å². The summed E-state index contributed by atoms with van der Waals surface area (Å²) in [6.07, 6.45) is 1.41. The van der Waals surface area contributed by atoms with Gasteiger partial charge in [0.15, 0.2) is 0 Å². The lowest BCUT2D eigenvalue weighted by Crippen LogP contribution is -2.56. The zero-order valence-corrected chi connectivity index (χ0v) is 13.4. The number of hydrogen-bond donors (Lipinski definition) is 1. The molecule has 0 rings (SSSR count). The van der Waals surface area contributed by atoms with Crippen LogP contribution in [-0.4, -0.2) is 49.5 Å². The Balaban J connectivity index is 4.36. The van der Waals surface area contributed by atoms with Crippen LogP contribution in [0.5, 0.6) is 0 Å². The quantitative estimate of drug-likeness (QED) is 0.696. The van der Waals surface area contributed by atoms with Crippen molar-refractivity contribution >= 4 is 9.84 Å². The van der Waals surface area contributed by atoms with Crippen molar-refractivity contribution in [1.29, 1.82) is 0 Å². The van der Waals surface area contributed by atoms with Gasteiger partial charge in [0.25, 0.3) is 0 Å². The summed E-state index contributed by atoms with van der Waals surface area (Å²) in [5.74, 6) is 0.479. The molecule has 18 heavy (non-hydrogen) atoms. The highest BCUT2D eigenvalue weighted by atomic mass is 32.2. The molecule has 0 aliphatic carbocycles. The minimum Gasteiger partial charge on any atom is -0.326 e. The Kier molecular flexibility index (Phi) is 7.40. The summed E-state index contributed by atoms with van der Waals surface area (Å²) in [4.78, 5) is 2.33. The van der Waals surface area contributed by atoms with Crippen LogP contribution in [0, 0.1) is 0 Å². The van der Waals surface area contributed by atoms with Gasteiger partial charge in [-0.05, 0) is 39.8 Å². The molecule has 0 fully saturated rings. The molecule has 1 unspecified atom stereocenters. The van der Waals surface area contributed by atoms with Crippen molar-refractivity contribution in [1.82, 2.24) is 4.90 Å². The number of rotatable bonds is 9. The molecule has 5 heteroatoms. The van der Waals surface area contributed by atoms with Gasteiger partial charge < -0.3 is 5.73 Å². The van der Waals surface area contributed by atoms with Crippen LogP contribution in [0.2, 0.25) is 0 Å². The summed E-state index contributed by atoms with van der Waals surface area (Å²) in [5, 5.41) is 0. The SMILES string of the molecule is CCN(CC)C(C)(C)C(N)CCCS(=O)(=O)CC. The monoisotopic (exact) mass is 278 g/mol. The van der Waals surface area contributed by atoms with Gasteiger partial charge in [0, 0.05) is 17.3 Å². The summed E-state index contributed by atoms with van der Waals surface area (Å²) in [6, 6.07) is 0.00413. The van der Waals surface area contributed by atoms with E-state index in [-0.39, 0.29) is 23.1 Å². The normalized spacial score (nSPS) is 15.1. The highest BCUT2D eigenvalue weighted by Crippen LogP contribution is 2.20. The van der Waals surface area contributed by atoms with Crippen LogP contribution in [0.4, 0.5) is 0 Å². The van der Waals surface area contributed by atoms with Crippen LogP contribution in [-0.2, 0) is 9.84 Å². The van der Waals surface area contributed by atoms with Crippen LogP contribution < -0.4 is 5.73 Å². The molecule has 0 radical (unpaired) electrons. The van der Waals surface area contributed by atoms with Crippen molar-refractivity contribution in [2.75, 3.05) is 24.6 Å². The molecule has 2 N–H and O–H groups in total. The highest BCUT2D eigenvalue weighted by molar-refractivity contribution is 7.91. The Morgan fingerprint density at radius 2 is 1.67 bits per heavy atom. The third-order valence-corrected chi connectivity index (χ3v) is 5.69. The molecule has 0 saturated carbocycles. The minimum absolute atomic E-state index is 0.00413. The van der Waals surface area contributed by atoms with Gasteiger partial charge in [-0.1, -0.05) is 20.8 Å². The van der Waals surface area contributed by atoms with E-state index in [9.17, 15) is 8.42 Å². The van der Waals surface area contributed by atoms with E-state index in [0.717, 1.165) is 19.5 Å². The number of nitrogens with two attached hydrogens (primary N) is 1. The smallest absolute Gasteiger partial charge is 0.150 e. The van der Waals surface area contributed by atoms with E-state index in [4.69, 9.17) is 5.73 Å². The minimum atomic E-state index is -2.86. The topological polar surface area (TPSA) is 63.4 Å². The maximum atomic E-state index is 11.4. The van der Waals surface area contributed by atoms with Crippen molar-refractivity contribution in [3.8, 4) is 0 Å². The number of likely N-dealkylation sites (N-methyl/N-ethyl adjacent to an activating group) is 1. The molecule has 0 aromatic heterocycles. The van der Waals surface area contributed by atoms with Gasteiger partial charge >= 0.3 is 0 Å². The van der Waals surface area contributed by atoms with E-state index < -0.39 is 9.84 Å². The van der Waals surface area contributed by atoms with Crippen molar-refractivity contribution in [3.63, 3.8) is 0 Å². The Morgan fingerprint density at radius 3 is 2.06 bits per heavy atom. The third-order valence-electron chi connectivity index (χ3n) is 3.90. The third kappa shape index (κ3) is 5.24. The summed E-state index contributed by atoms with van der Waals surface area (Å²) >= 11 is 0. The van der Waals surface area contributed by atoms with Crippen molar-refractivity contribution in [2.45, 2.75) is 59.0 Å². The van der Waals surface area contributed by atoms with Crippen LogP contribution in [0.25, 0.3) is 0 Å². The predicted molar refractivity (Wildman–Crippen MR) is 78.5 cm³/mol. The number of sulfone groups is 1. The van der Waals surface area contributed by atoms with E-state index in [1.807, 2.05) is 0 Å². The number of hydrogen-bond acceptors (Lipinski definition) is 4. The van der Waals surface area contributed by atoms with Gasteiger partial charge in [0.05, 0.1) is 5.75 Å². The van der Waals surface area contributed by atoms with Gasteiger partial charge in [-0.3, -0.25) is 4.90 Å². The first-order valence-electron chi connectivity index (χ1n) is 6.92. The molecule has 1 atom stereocenters. The first-order valence-corrected chi connectivity index (χ1v) is 8.74. The average Bonchev–Trinajstić information content (AvgIpc) is 2.29. The summed E-state index contributed by atoms with van der Waals surface area (Å²) in [6.45, 7) is 12.1. The summed E-state index contributed by atoms with van der Waals surface area (Å²) in [7, 11) is -2.86. The molecule has 110 valence electrons. The molecule has 0 aromatic rings. The molecular weight excluding hydrogens is 248 g/mol. The Morgan fingerprint density at radius 1 is 1.17 bits per heavy atom. The van der Waals surface area contributed by atoms with Crippen LogP contribution in [0.1, 0.15) is 47.5 Å². The van der Waals surface area contributed by atoms with E-state index in [1.54, 1.807) is 6.92 Å². The van der Waals surface area contributed by atoms with Gasteiger partial charge in [-0.25, -0.2) is 8.42 Å². The van der Waals surface area contributed by atoms with Crippen molar-refractivity contribution in [3.05, 3.63) is 0 Å². The maximum Gasteiger partial charge on any atom is 0.150 e. The molecular formula is C13H30N2O2S. The van der Waals surface area contributed by atoms with Gasteiger partial charge in [-0.15, -0.1) is 0 Å². The zero-order valence-electron chi connectivity index (χ0n) is 12.6. The lowest BCUT2D eigenvalue weighted by atomic mass is 9.90. The molecule has 0 spiro atoms. The molecule has 0 aliphatic rings. The van der Waals surface area contributed by atoms with E-state index in [1.165, 1.54) is 0 Å². The first-order chi connectivity index (χ1) is 8.21. The molecule has 0 aliphatic heterocycles. The predicted octanol–water partition coefficient (Wildman–Crippen LogP) is 1.65. The van der Waals surface area contributed by atoms with E-state index >= 15 is 0 Å². The van der Waals surface area contributed by atoms with Gasteiger partial charge in [0.2, 0.25) is 0 Å².